The lowest BCUT2D eigenvalue weighted by molar-refractivity contribution is -0.137. The van der Waals surface area contributed by atoms with Gasteiger partial charge in [0, 0.05) is 6.42 Å². The third-order valence-corrected chi connectivity index (χ3v) is 3.25. The average molecular weight is 184 g/mol. The first-order valence-electron chi connectivity index (χ1n) is 5.42. The van der Waals surface area contributed by atoms with Crippen molar-refractivity contribution in [2.45, 2.75) is 51.9 Å². The fourth-order valence-electron chi connectivity index (χ4n) is 2.34. The molecule has 2 nitrogen and oxygen atoms in total. The minimum atomic E-state index is -0.654. The third kappa shape index (κ3) is 3.79. The summed E-state index contributed by atoms with van der Waals surface area (Å²) in [7, 11) is 0. The molecule has 0 amide bonds. The standard InChI is InChI=1S/C11H20O2/c1-9(5-4-8-11(12)13)10-6-2-3-7-10/h9-10H,2-8H2,1H3,(H,12,13). The molecule has 0 saturated heterocycles. The second-order valence-electron chi connectivity index (χ2n) is 4.31. The van der Waals surface area contributed by atoms with Gasteiger partial charge >= 0.3 is 5.97 Å². The zero-order valence-corrected chi connectivity index (χ0v) is 8.46. The van der Waals surface area contributed by atoms with Crippen LogP contribution in [0.2, 0.25) is 0 Å². The molecule has 0 aromatic heterocycles. The van der Waals surface area contributed by atoms with Gasteiger partial charge in [-0.25, -0.2) is 0 Å². The monoisotopic (exact) mass is 184 g/mol. The van der Waals surface area contributed by atoms with Crippen molar-refractivity contribution in [1.29, 1.82) is 0 Å². The van der Waals surface area contributed by atoms with Gasteiger partial charge in [0.15, 0.2) is 0 Å². The van der Waals surface area contributed by atoms with Crippen LogP contribution >= 0.6 is 0 Å². The Bertz CT molecular complexity index is 159. The third-order valence-electron chi connectivity index (χ3n) is 3.25. The summed E-state index contributed by atoms with van der Waals surface area (Å²) >= 11 is 0. The fraction of sp³-hybridized carbons (Fsp3) is 0.909. The van der Waals surface area contributed by atoms with Gasteiger partial charge in [-0.05, 0) is 24.7 Å². The van der Waals surface area contributed by atoms with Crippen molar-refractivity contribution in [2.24, 2.45) is 11.8 Å². The zero-order valence-electron chi connectivity index (χ0n) is 8.46. The predicted molar refractivity (Wildman–Crippen MR) is 52.6 cm³/mol. The smallest absolute Gasteiger partial charge is 0.303 e. The van der Waals surface area contributed by atoms with Crippen molar-refractivity contribution in [2.75, 3.05) is 0 Å². The minimum absolute atomic E-state index is 0.344. The highest BCUT2D eigenvalue weighted by molar-refractivity contribution is 5.66. The van der Waals surface area contributed by atoms with Crippen molar-refractivity contribution in [3.8, 4) is 0 Å². The van der Waals surface area contributed by atoms with E-state index in [-0.39, 0.29) is 0 Å². The molecule has 1 atom stereocenters. The van der Waals surface area contributed by atoms with Crippen LogP contribution in [0.15, 0.2) is 0 Å². The van der Waals surface area contributed by atoms with E-state index in [2.05, 4.69) is 6.92 Å². The summed E-state index contributed by atoms with van der Waals surface area (Å²) in [5, 5.41) is 8.49. The van der Waals surface area contributed by atoms with Gasteiger partial charge in [0.1, 0.15) is 0 Å². The summed E-state index contributed by atoms with van der Waals surface area (Å²) in [5.74, 6) is 0.967. The van der Waals surface area contributed by atoms with Crippen LogP contribution in [0, 0.1) is 11.8 Å². The Balaban J connectivity index is 2.09. The van der Waals surface area contributed by atoms with E-state index in [1.165, 1.54) is 25.7 Å². The molecule has 1 N–H and O–H groups in total. The molecule has 0 radical (unpaired) electrons. The van der Waals surface area contributed by atoms with E-state index in [0.29, 0.717) is 6.42 Å². The SMILES string of the molecule is CC(CCCC(=O)O)C1CCCC1. The molecule has 0 aromatic rings. The van der Waals surface area contributed by atoms with E-state index < -0.39 is 5.97 Å². The number of carbonyl (C=O) groups is 1. The molecule has 1 aliphatic rings. The molecule has 76 valence electrons. The highest BCUT2D eigenvalue weighted by Crippen LogP contribution is 2.33. The van der Waals surface area contributed by atoms with E-state index in [1.807, 2.05) is 0 Å². The summed E-state index contributed by atoms with van der Waals surface area (Å²) < 4.78 is 0. The summed E-state index contributed by atoms with van der Waals surface area (Å²) in [6.45, 7) is 2.28. The van der Waals surface area contributed by atoms with Gasteiger partial charge in [0.25, 0.3) is 0 Å². The van der Waals surface area contributed by atoms with Crippen molar-refractivity contribution < 1.29 is 9.90 Å². The molecule has 1 saturated carbocycles. The molecule has 0 aromatic carbocycles. The molecule has 0 aliphatic heterocycles. The van der Waals surface area contributed by atoms with Crippen molar-refractivity contribution >= 4 is 5.97 Å². The Kier molecular flexibility index (Phi) is 4.26. The molecule has 0 spiro atoms. The Morgan fingerprint density at radius 1 is 1.46 bits per heavy atom. The summed E-state index contributed by atoms with van der Waals surface area (Å²) in [6.07, 6.45) is 7.80. The normalized spacial score (nSPS) is 20.4. The molecule has 1 unspecified atom stereocenters. The molecule has 0 heterocycles. The first-order valence-corrected chi connectivity index (χ1v) is 5.42. The van der Waals surface area contributed by atoms with Gasteiger partial charge < -0.3 is 5.11 Å². The van der Waals surface area contributed by atoms with Crippen LogP contribution in [-0.4, -0.2) is 11.1 Å². The predicted octanol–water partition coefficient (Wildman–Crippen LogP) is 3.07. The summed E-state index contributed by atoms with van der Waals surface area (Å²) in [4.78, 5) is 10.3. The first-order chi connectivity index (χ1) is 6.20. The lowest BCUT2D eigenvalue weighted by Crippen LogP contribution is -2.08. The van der Waals surface area contributed by atoms with Crippen LogP contribution in [-0.2, 0) is 4.79 Å². The topological polar surface area (TPSA) is 37.3 Å². The number of carboxylic acid groups (broad SMARTS) is 1. The van der Waals surface area contributed by atoms with Crippen LogP contribution < -0.4 is 0 Å². The Morgan fingerprint density at radius 2 is 2.08 bits per heavy atom. The largest absolute Gasteiger partial charge is 0.481 e. The first kappa shape index (κ1) is 10.6. The number of carboxylic acids is 1. The highest BCUT2D eigenvalue weighted by atomic mass is 16.4. The number of aliphatic carboxylic acids is 1. The van der Waals surface area contributed by atoms with E-state index in [1.54, 1.807) is 0 Å². The Labute approximate surface area is 80.3 Å². The molecule has 1 rings (SSSR count). The number of hydrogen-bond donors (Lipinski definition) is 1. The molecule has 1 fully saturated rings. The van der Waals surface area contributed by atoms with Gasteiger partial charge in [0.05, 0.1) is 0 Å². The summed E-state index contributed by atoms with van der Waals surface area (Å²) in [6, 6.07) is 0. The summed E-state index contributed by atoms with van der Waals surface area (Å²) in [5.41, 5.74) is 0. The molecular weight excluding hydrogens is 164 g/mol. The molecular formula is C11H20O2. The fourth-order valence-corrected chi connectivity index (χ4v) is 2.34. The second-order valence-corrected chi connectivity index (χ2v) is 4.31. The van der Waals surface area contributed by atoms with E-state index in [9.17, 15) is 4.79 Å². The van der Waals surface area contributed by atoms with E-state index >= 15 is 0 Å². The van der Waals surface area contributed by atoms with E-state index in [4.69, 9.17) is 5.11 Å². The Hall–Kier alpha value is -0.530. The van der Waals surface area contributed by atoms with Crippen LogP contribution in [0.4, 0.5) is 0 Å². The van der Waals surface area contributed by atoms with Gasteiger partial charge in [-0.2, -0.15) is 0 Å². The lowest BCUT2D eigenvalue weighted by atomic mass is 9.88. The molecule has 1 aliphatic carbocycles. The zero-order chi connectivity index (χ0) is 9.68. The quantitative estimate of drug-likeness (QED) is 0.713. The number of hydrogen-bond acceptors (Lipinski definition) is 1. The molecule has 0 bridgehead atoms. The van der Waals surface area contributed by atoms with E-state index in [0.717, 1.165) is 24.7 Å². The Morgan fingerprint density at radius 3 is 2.62 bits per heavy atom. The van der Waals surface area contributed by atoms with Gasteiger partial charge in [-0.1, -0.05) is 32.6 Å². The van der Waals surface area contributed by atoms with Crippen molar-refractivity contribution in [1.82, 2.24) is 0 Å². The second kappa shape index (κ2) is 5.25. The van der Waals surface area contributed by atoms with Crippen LogP contribution in [0.3, 0.4) is 0 Å². The van der Waals surface area contributed by atoms with Crippen molar-refractivity contribution in [3.63, 3.8) is 0 Å². The van der Waals surface area contributed by atoms with Gasteiger partial charge in [-0.15, -0.1) is 0 Å². The molecule has 2 heteroatoms. The van der Waals surface area contributed by atoms with Crippen molar-refractivity contribution in [3.05, 3.63) is 0 Å². The van der Waals surface area contributed by atoms with Crippen LogP contribution in [0.25, 0.3) is 0 Å². The maximum atomic E-state index is 10.3. The van der Waals surface area contributed by atoms with Gasteiger partial charge in [0.2, 0.25) is 0 Å². The average Bonchev–Trinajstić information content (AvgIpc) is 2.55. The minimum Gasteiger partial charge on any atom is -0.481 e. The van der Waals surface area contributed by atoms with Crippen LogP contribution in [0.1, 0.15) is 51.9 Å². The number of rotatable bonds is 5. The van der Waals surface area contributed by atoms with Crippen LogP contribution in [0.5, 0.6) is 0 Å². The lowest BCUT2D eigenvalue weighted by Gasteiger charge is -2.17. The maximum Gasteiger partial charge on any atom is 0.303 e. The highest BCUT2D eigenvalue weighted by Gasteiger charge is 2.20. The molecule has 13 heavy (non-hydrogen) atoms. The maximum absolute atomic E-state index is 10.3. The van der Waals surface area contributed by atoms with Gasteiger partial charge in [-0.3, -0.25) is 4.79 Å².